The first-order chi connectivity index (χ1) is 9.84. The fourth-order valence-electron chi connectivity index (χ4n) is 2.32. The van der Waals surface area contributed by atoms with Crippen LogP contribution in [0.4, 0.5) is 0 Å². The van der Waals surface area contributed by atoms with E-state index in [2.05, 4.69) is 6.92 Å². The van der Waals surface area contributed by atoms with Crippen molar-refractivity contribution in [3.63, 3.8) is 0 Å². The first-order valence-corrected chi connectivity index (χ1v) is 9.12. The number of benzene rings is 1. The van der Waals surface area contributed by atoms with Crippen molar-refractivity contribution in [3.8, 4) is 5.75 Å². The minimum absolute atomic E-state index is 0.0116. The lowest BCUT2D eigenvalue weighted by Crippen LogP contribution is -2.33. The number of halogens is 1. The van der Waals surface area contributed by atoms with Crippen LogP contribution < -0.4 is 4.74 Å². The predicted molar refractivity (Wildman–Crippen MR) is 80.3 cm³/mol. The van der Waals surface area contributed by atoms with Gasteiger partial charge in [0.1, 0.15) is 18.3 Å². The molecule has 0 bridgehead atoms. The van der Waals surface area contributed by atoms with Crippen molar-refractivity contribution in [2.75, 3.05) is 20.2 Å². The van der Waals surface area contributed by atoms with E-state index in [0.717, 1.165) is 12.8 Å². The zero-order valence-corrected chi connectivity index (χ0v) is 13.6. The summed E-state index contributed by atoms with van der Waals surface area (Å²) < 4.78 is 28.3. The van der Waals surface area contributed by atoms with E-state index in [1.54, 1.807) is 18.0 Å². The maximum Gasteiger partial charge on any atom is 0.261 e. The number of hydrogen-bond donors (Lipinski definition) is 0. The summed E-state index contributed by atoms with van der Waals surface area (Å²) >= 11 is 0. The molecule has 1 atom stereocenters. The monoisotopic (exact) mass is 331 g/mol. The summed E-state index contributed by atoms with van der Waals surface area (Å²) in [5.41, 5.74) is 0.588. The maximum atomic E-state index is 12.4. The number of carbonyl (C=O) groups is 1. The fraction of sp³-hybridized carbons (Fsp3) is 0.500. The van der Waals surface area contributed by atoms with Gasteiger partial charge in [-0.3, -0.25) is 4.79 Å². The van der Waals surface area contributed by atoms with Crippen LogP contribution in [-0.2, 0) is 13.8 Å². The van der Waals surface area contributed by atoms with Crippen molar-refractivity contribution >= 4 is 25.6 Å². The molecule has 1 aliphatic heterocycles. The lowest BCUT2D eigenvalue weighted by Gasteiger charge is -2.20. The Morgan fingerprint density at radius 1 is 1.48 bits per heavy atom. The number of nitrogens with zero attached hydrogens (tertiary/aromatic N) is 1. The van der Waals surface area contributed by atoms with E-state index in [1.165, 1.54) is 12.1 Å². The van der Waals surface area contributed by atoms with E-state index in [4.69, 9.17) is 15.4 Å². The molecule has 5 nitrogen and oxygen atoms in total. The van der Waals surface area contributed by atoms with Crippen molar-refractivity contribution in [3.05, 3.63) is 23.8 Å². The molecule has 1 aromatic rings. The van der Waals surface area contributed by atoms with Gasteiger partial charge in [0.05, 0.1) is 4.90 Å². The van der Waals surface area contributed by atoms with Gasteiger partial charge < -0.3 is 9.64 Å². The molecule has 1 aromatic carbocycles. The minimum atomic E-state index is -3.82. The lowest BCUT2D eigenvalue weighted by atomic mass is 10.00. The van der Waals surface area contributed by atoms with Crippen LogP contribution in [0.5, 0.6) is 5.75 Å². The molecule has 0 N–H and O–H groups in total. The number of ether oxygens (including phenoxy) is 1. The summed E-state index contributed by atoms with van der Waals surface area (Å²) in [7, 11) is 3.29. The molecule has 7 heteroatoms. The molecule has 1 unspecified atom stereocenters. The molecular formula is C14H18ClNO4S. The summed E-state index contributed by atoms with van der Waals surface area (Å²) in [4.78, 5) is 14.1. The van der Waals surface area contributed by atoms with Gasteiger partial charge in [0.15, 0.2) is 0 Å². The highest BCUT2D eigenvalue weighted by atomic mass is 35.7. The Labute approximate surface area is 129 Å². The molecule has 0 saturated carbocycles. The molecule has 0 spiro atoms. The topological polar surface area (TPSA) is 63.7 Å². The number of unbranched alkanes of at least 4 members (excludes halogenated alkanes) is 1. The van der Waals surface area contributed by atoms with Gasteiger partial charge in [-0.15, -0.1) is 0 Å². The van der Waals surface area contributed by atoms with Crippen LogP contribution in [0.2, 0.25) is 0 Å². The molecule has 0 saturated heterocycles. The highest BCUT2D eigenvalue weighted by molar-refractivity contribution is 8.13. The van der Waals surface area contributed by atoms with Crippen LogP contribution >= 0.6 is 10.7 Å². The van der Waals surface area contributed by atoms with Crippen LogP contribution in [0.3, 0.4) is 0 Å². The summed E-state index contributed by atoms with van der Waals surface area (Å²) in [5, 5.41) is 0. The number of fused-ring (bicyclic) bond motifs is 1. The number of rotatable bonds is 5. The molecule has 1 aliphatic rings. The fourth-order valence-corrected chi connectivity index (χ4v) is 3.11. The average molecular weight is 332 g/mol. The summed E-state index contributed by atoms with van der Waals surface area (Å²) in [5.74, 6) is 0.00727. The van der Waals surface area contributed by atoms with Gasteiger partial charge in [0.25, 0.3) is 9.05 Å². The standard InChI is InChI=1S/C14H18ClNO4S/c1-3-4-7-16(2)14(17)12-9-20-13-6-5-10(8-11(12)13)21(15,18)19/h5-6,8,12H,3-4,7,9H2,1-2H3. The summed E-state index contributed by atoms with van der Waals surface area (Å²) in [6.07, 6.45) is 1.93. The molecular weight excluding hydrogens is 314 g/mol. The molecule has 1 heterocycles. The normalized spacial score (nSPS) is 17.2. The molecule has 0 radical (unpaired) electrons. The first-order valence-electron chi connectivity index (χ1n) is 6.81. The van der Waals surface area contributed by atoms with Gasteiger partial charge >= 0.3 is 0 Å². The van der Waals surface area contributed by atoms with Crippen molar-refractivity contribution in [1.82, 2.24) is 4.90 Å². The Balaban J connectivity index is 2.26. The first kappa shape index (κ1) is 16.1. The Kier molecular flexibility index (Phi) is 4.78. The summed E-state index contributed by atoms with van der Waals surface area (Å²) in [6, 6.07) is 4.36. The van der Waals surface area contributed by atoms with Crippen LogP contribution in [0.15, 0.2) is 23.1 Å². The van der Waals surface area contributed by atoms with E-state index in [1.807, 2.05) is 0 Å². The maximum absolute atomic E-state index is 12.4. The van der Waals surface area contributed by atoms with E-state index in [9.17, 15) is 13.2 Å². The number of hydrogen-bond acceptors (Lipinski definition) is 4. The molecule has 2 rings (SSSR count). The highest BCUT2D eigenvalue weighted by Gasteiger charge is 2.33. The Hall–Kier alpha value is -1.27. The molecule has 21 heavy (non-hydrogen) atoms. The molecule has 116 valence electrons. The lowest BCUT2D eigenvalue weighted by molar-refractivity contribution is -0.131. The quantitative estimate of drug-likeness (QED) is 0.777. The van der Waals surface area contributed by atoms with Crippen LogP contribution in [-0.4, -0.2) is 39.4 Å². The Morgan fingerprint density at radius 3 is 2.81 bits per heavy atom. The van der Waals surface area contributed by atoms with Gasteiger partial charge in [0.2, 0.25) is 5.91 Å². The number of likely N-dealkylation sites (N-methyl/N-ethyl adjacent to an activating group) is 1. The van der Waals surface area contributed by atoms with Gasteiger partial charge in [0, 0.05) is 29.8 Å². The predicted octanol–water partition coefficient (Wildman–Crippen LogP) is 2.35. The molecule has 0 aromatic heterocycles. The summed E-state index contributed by atoms with van der Waals surface area (Å²) in [6.45, 7) is 2.97. The largest absolute Gasteiger partial charge is 0.492 e. The third kappa shape index (κ3) is 3.49. The molecule has 1 amide bonds. The van der Waals surface area contributed by atoms with Gasteiger partial charge in [-0.1, -0.05) is 13.3 Å². The zero-order chi connectivity index (χ0) is 15.6. The van der Waals surface area contributed by atoms with Gasteiger partial charge in [-0.2, -0.15) is 0 Å². The number of carbonyl (C=O) groups excluding carboxylic acids is 1. The molecule has 0 fully saturated rings. The Bertz CT molecular complexity index is 644. The van der Waals surface area contributed by atoms with Crippen molar-refractivity contribution in [2.24, 2.45) is 0 Å². The van der Waals surface area contributed by atoms with E-state index in [0.29, 0.717) is 17.9 Å². The van der Waals surface area contributed by atoms with Crippen molar-refractivity contribution < 1.29 is 17.9 Å². The highest BCUT2D eigenvalue weighted by Crippen LogP contribution is 2.37. The van der Waals surface area contributed by atoms with Crippen LogP contribution in [0.1, 0.15) is 31.2 Å². The smallest absolute Gasteiger partial charge is 0.261 e. The second-order valence-corrected chi connectivity index (χ2v) is 7.68. The second-order valence-electron chi connectivity index (χ2n) is 5.11. The van der Waals surface area contributed by atoms with Crippen molar-refractivity contribution in [1.29, 1.82) is 0 Å². The van der Waals surface area contributed by atoms with Crippen LogP contribution in [0.25, 0.3) is 0 Å². The number of amides is 1. The van der Waals surface area contributed by atoms with Crippen molar-refractivity contribution in [2.45, 2.75) is 30.6 Å². The SMILES string of the molecule is CCCCN(C)C(=O)C1COc2ccc(S(=O)(=O)Cl)cc21. The van der Waals surface area contributed by atoms with Gasteiger partial charge in [-0.05, 0) is 24.6 Å². The third-order valence-electron chi connectivity index (χ3n) is 3.57. The van der Waals surface area contributed by atoms with Crippen LogP contribution in [0, 0.1) is 0 Å². The Morgan fingerprint density at radius 2 is 2.19 bits per heavy atom. The second kappa shape index (κ2) is 6.23. The zero-order valence-electron chi connectivity index (χ0n) is 12.0. The average Bonchev–Trinajstić information content (AvgIpc) is 2.85. The van der Waals surface area contributed by atoms with E-state index >= 15 is 0 Å². The van der Waals surface area contributed by atoms with Gasteiger partial charge in [-0.25, -0.2) is 8.42 Å². The van der Waals surface area contributed by atoms with E-state index < -0.39 is 15.0 Å². The minimum Gasteiger partial charge on any atom is -0.492 e. The molecule has 0 aliphatic carbocycles. The van der Waals surface area contributed by atoms with E-state index in [-0.39, 0.29) is 17.4 Å². The third-order valence-corrected chi connectivity index (χ3v) is 4.92.